The van der Waals surface area contributed by atoms with Gasteiger partial charge in [-0.25, -0.2) is 0 Å². The van der Waals surface area contributed by atoms with Crippen LogP contribution in [0.5, 0.6) is 0 Å². The molecule has 0 radical (unpaired) electrons. The quantitative estimate of drug-likeness (QED) is 0.786. The van der Waals surface area contributed by atoms with Gasteiger partial charge < -0.3 is 9.47 Å². The average molecular weight is 262 g/mol. The van der Waals surface area contributed by atoms with Crippen molar-refractivity contribution in [3.05, 3.63) is 33.9 Å². The second kappa shape index (κ2) is 4.97. The molecule has 0 unspecified atom stereocenters. The highest BCUT2D eigenvalue weighted by atomic mass is 16.5. The molecule has 0 aliphatic carbocycles. The minimum Gasteiger partial charge on any atom is -0.469 e. The lowest BCUT2D eigenvalue weighted by atomic mass is 9.70. The third-order valence-corrected chi connectivity index (χ3v) is 4.36. The van der Waals surface area contributed by atoms with Gasteiger partial charge in [0.15, 0.2) is 0 Å². The summed E-state index contributed by atoms with van der Waals surface area (Å²) in [4.78, 5) is 11.7. The van der Waals surface area contributed by atoms with Crippen LogP contribution in [0.4, 0.5) is 0 Å². The van der Waals surface area contributed by atoms with Crippen molar-refractivity contribution >= 4 is 5.97 Å². The monoisotopic (exact) mass is 262 g/mol. The van der Waals surface area contributed by atoms with Gasteiger partial charge >= 0.3 is 5.97 Å². The van der Waals surface area contributed by atoms with Crippen LogP contribution < -0.4 is 0 Å². The van der Waals surface area contributed by atoms with Crippen molar-refractivity contribution in [1.82, 2.24) is 0 Å². The van der Waals surface area contributed by atoms with Crippen molar-refractivity contribution < 1.29 is 14.3 Å². The number of aryl methyl sites for hydroxylation is 2. The van der Waals surface area contributed by atoms with E-state index in [1.54, 1.807) is 0 Å². The number of carbonyl (C=O) groups excluding carboxylic acids is 1. The topological polar surface area (TPSA) is 35.5 Å². The standard InChI is InChI=1S/C16H22O3/c1-10-6-11(2)13(4)15(12(10)3)16(8-19-9-16)7-14(17)18-5/h6H,7-9H2,1-5H3. The highest BCUT2D eigenvalue weighted by Crippen LogP contribution is 2.41. The van der Waals surface area contributed by atoms with Crippen LogP contribution in [-0.4, -0.2) is 26.3 Å². The summed E-state index contributed by atoms with van der Waals surface area (Å²) in [6, 6.07) is 2.21. The largest absolute Gasteiger partial charge is 0.469 e. The average Bonchev–Trinajstić information content (AvgIpc) is 2.33. The van der Waals surface area contributed by atoms with E-state index < -0.39 is 0 Å². The summed E-state index contributed by atoms with van der Waals surface area (Å²) in [6.07, 6.45) is 0.397. The maximum atomic E-state index is 11.7. The molecule has 1 aliphatic rings. The minimum atomic E-state index is -0.196. The zero-order chi connectivity index (χ0) is 14.2. The number of ether oxygens (including phenoxy) is 2. The highest BCUT2D eigenvalue weighted by Gasteiger charge is 2.44. The molecule has 2 rings (SSSR count). The fraction of sp³-hybridized carbons (Fsp3) is 0.562. The molecule has 1 heterocycles. The van der Waals surface area contributed by atoms with E-state index in [1.807, 2.05) is 0 Å². The van der Waals surface area contributed by atoms with Gasteiger partial charge in [0.1, 0.15) is 0 Å². The molecule has 0 aromatic heterocycles. The summed E-state index contributed by atoms with van der Waals surface area (Å²) in [6.45, 7) is 9.72. The molecule has 0 saturated carbocycles. The lowest BCUT2D eigenvalue weighted by Crippen LogP contribution is -2.49. The summed E-state index contributed by atoms with van der Waals surface area (Å²) >= 11 is 0. The van der Waals surface area contributed by atoms with Crippen molar-refractivity contribution in [1.29, 1.82) is 0 Å². The third kappa shape index (κ3) is 2.27. The Morgan fingerprint density at radius 3 is 2.11 bits per heavy atom. The molecule has 0 bridgehead atoms. The second-order valence-electron chi connectivity index (χ2n) is 5.66. The van der Waals surface area contributed by atoms with Gasteiger partial charge in [-0.15, -0.1) is 0 Å². The molecule has 0 N–H and O–H groups in total. The summed E-state index contributed by atoms with van der Waals surface area (Å²) in [7, 11) is 1.44. The molecule has 1 aromatic carbocycles. The normalized spacial score (nSPS) is 16.9. The predicted molar refractivity (Wildman–Crippen MR) is 74.5 cm³/mol. The summed E-state index contributed by atoms with van der Waals surface area (Å²) in [5.74, 6) is -0.166. The molecule has 1 saturated heterocycles. The van der Waals surface area contributed by atoms with Crippen LogP contribution >= 0.6 is 0 Å². The van der Waals surface area contributed by atoms with Gasteiger partial charge in [0, 0.05) is 0 Å². The second-order valence-corrected chi connectivity index (χ2v) is 5.66. The fourth-order valence-corrected chi connectivity index (χ4v) is 3.04. The molecule has 3 nitrogen and oxygen atoms in total. The van der Waals surface area contributed by atoms with E-state index in [0.29, 0.717) is 19.6 Å². The van der Waals surface area contributed by atoms with Gasteiger partial charge in [-0.2, -0.15) is 0 Å². The molecular formula is C16H22O3. The van der Waals surface area contributed by atoms with Crippen LogP contribution in [0.1, 0.15) is 34.2 Å². The number of rotatable bonds is 3. The Kier molecular flexibility index (Phi) is 3.68. The van der Waals surface area contributed by atoms with Gasteiger partial charge in [0.2, 0.25) is 0 Å². The number of hydrogen-bond acceptors (Lipinski definition) is 3. The molecule has 0 amide bonds. The van der Waals surface area contributed by atoms with Gasteiger partial charge in [0.25, 0.3) is 0 Å². The van der Waals surface area contributed by atoms with Crippen LogP contribution in [0.25, 0.3) is 0 Å². The van der Waals surface area contributed by atoms with Crippen LogP contribution in [0.2, 0.25) is 0 Å². The van der Waals surface area contributed by atoms with Crippen molar-refractivity contribution in [2.45, 2.75) is 39.5 Å². The van der Waals surface area contributed by atoms with E-state index in [9.17, 15) is 4.79 Å². The number of benzene rings is 1. The van der Waals surface area contributed by atoms with E-state index in [4.69, 9.17) is 9.47 Å². The smallest absolute Gasteiger partial charge is 0.306 e. The predicted octanol–water partition coefficient (Wildman–Crippen LogP) is 2.75. The molecule has 1 fully saturated rings. The minimum absolute atomic E-state index is 0.166. The third-order valence-electron chi connectivity index (χ3n) is 4.36. The maximum Gasteiger partial charge on any atom is 0.306 e. The Hall–Kier alpha value is -1.35. The Bertz CT molecular complexity index is 487. The first-order valence-corrected chi connectivity index (χ1v) is 6.64. The Morgan fingerprint density at radius 1 is 1.21 bits per heavy atom. The van der Waals surface area contributed by atoms with E-state index in [0.717, 1.165) is 0 Å². The number of hydrogen-bond donors (Lipinski definition) is 0. The molecule has 0 atom stereocenters. The fourth-order valence-electron chi connectivity index (χ4n) is 3.04. The zero-order valence-corrected chi connectivity index (χ0v) is 12.4. The van der Waals surface area contributed by atoms with Gasteiger partial charge in [-0.3, -0.25) is 4.79 Å². The summed E-state index contributed by atoms with van der Waals surface area (Å²) < 4.78 is 10.3. The molecule has 1 aliphatic heterocycles. The van der Waals surface area contributed by atoms with E-state index in [-0.39, 0.29) is 11.4 Å². The summed E-state index contributed by atoms with van der Waals surface area (Å²) in [5, 5.41) is 0. The lowest BCUT2D eigenvalue weighted by Gasteiger charge is -2.43. The van der Waals surface area contributed by atoms with Crippen LogP contribution in [0, 0.1) is 27.7 Å². The van der Waals surface area contributed by atoms with E-state index >= 15 is 0 Å². The molecule has 19 heavy (non-hydrogen) atoms. The zero-order valence-electron chi connectivity index (χ0n) is 12.4. The number of esters is 1. The van der Waals surface area contributed by atoms with Gasteiger partial charge in [-0.1, -0.05) is 6.07 Å². The van der Waals surface area contributed by atoms with E-state index in [1.165, 1.54) is 34.9 Å². The van der Waals surface area contributed by atoms with Crippen molar-refractivity contribution in [3.8, 4) is 0 Å². The van der Waals surface area contributed by atoms with Crippen LogP contribution in [0.15, 0.2) is 6.07 Å². The number of methoxy groups -OCH3 is 1. The van der Waals surface area contributed by atoms with Crippen molar-refractivity contribution in [3.63, 3.8) is 0 Å². The lowest BCUT2D eigenvalue weighted by molar-refractivity contribution is -0.148. The Labute approximate surface area is 114 Å². The van der Waals surface area contributed by atoms with Gasteiger partial charge in [0.05, 0.1) is 32.2 Å². The van der Waals surface area contributed by atoms with Crippen molar-refractivity contribution in [2.75, 3.05) is 20.3 Å². The van der Waals surface area contributed by atoms with Gasteiger partial charge in [-0.05, 0) is 55.5 Å². The molecule has 104 valence electrons. The van der Waals surface area contributed by atoms with Crippen LogP contribution in [0.3, 0.4) is 0 Å². The Morgan fingerprint density at radius 2 is 1.74 bits per heavy atom. The first kappa shape index (κ1) is 14.1. The van der Waals surface area contributed by atoms with E-state index in [2.05, 4.69) is 33.8 Å². The van der Waals surface area contributed by atoms with Crippen molar-refractivity contribution in [2.24, 2.45) is 0 Å². The SMILES string of the molecule is COC(=O)CC1(c2c(C)c(C)cc(C)c2C)COC1. The molecule has 3 heteroatoms. The first-order chi connectivity index (χ1) is 8.91. The molecule has 1 aromatic rings. The molecule has 0 spiro atoms. The van der Waals surface area contributed by atoms with Crippen LogP contribution in [-0.2, 0) is 19.7 Å². The Balaban J connectivity index is 2.52. The first-order valence-electron chi connectivity index (χ1n) is 6.64. The highest BCUT2D eigenvalue weighted by molar-refractivity contribution is 5.72. The maximum absolute atomic E-state index is 11.7. The number of carbonyl (C=O) groups is 1. The summed E-state index contributed by atoms with van der Waals surface area (Å²) in [5.41, 5.74) is 6.17. The molecular weight excluding hydrogens is 240 g/mol.